The summed E-state index contributed by atoms with van der Waals surface area (Å²) >= 11 is 0. The van der Waals surface area contributed by atoms with Gasteiger partial charge in [-0.05, 0) is 97.7 Å². The highest BCUT2D eigenvalue weighted by molar-refractivity contribution is 7.80. The number of aliphatic hydroxyl groups excluding tert-OH is 4. The molecule has 0 aromatic rings. The molecule has 12 unspecified atom stereocenters. The lowest BCUT2D eigenvalue weighted by molar-refractivity contribution is -0.207. The minimum absolute atomic E-state index is 0.0680. The molecule has 4 aliphatic rings. The molecule has 210 valence electrons. The van der Waals surface area contributed by atoms with Crippen molar-refractivity contribution in [1.29, 1.82) is 0 Å². The van der Waals surface area contributed by atoms with Crippen LogP contribution in [0, 0.1) is 52.3 Å². The number of rotatable bonds is 9. The molecular formula is C27H48O8S. The van der Waals surface area contributed by atoms with Crippen molar-refractivity contribution in [2.75, 3.05) is 13.2 Å². The Balaban J connectivity index is 1.42. The van der Waals surface area contributed by atoms with Gasteiger partial charge in [0.15, 0.2) is 0 Å². The third kappa shape index (κ3) is 5.27. The first-order chi connectivity index (χ1) is 16.8. The summed E-state index contributed by atoms with van der Waals surface area (Å²) in [4.78, 5) is 0. The van der Waals surface area contributed by atoms with Gasteiger partial charge in [-0.25, -0.2) is 4.18 Å². The van der Waals surface area contributed by atoms with E-state index >= 15 is 0 Å². The maximum atomic E-state index is 11.7. The smallest absolute Gasteiger partial charge is 0.396 e. The molecule has 9 heteroatoms. The Morgan fingerprint density at radius 2 is 1.72 bits per heavy atom. The molecule has 0 aromatic heterocycles. The molecule has 0 spiro atoms. The van der Waals surface area contributed by atoms with Crippen LogP contribution >= 0.6 is 0 Å². The largest absolute Gasteiger partial charge is 0.397 e. The summed E-state index contributed by atoms with van der Waals surface area (Å²) < 4.78 is 34.9. The summed E-state index contributed by atoms with van der Waals surface area (Å²) in [5.74, 6) is 1.42. The van der Waals surface area contributed by atoms with Crippen LogP contribution in [0.3, 0.4) is 0 Å². The van der Waals surface area contributed by atoms with Gasteiger partial charge in [-0.2, -0.15) is 8.42 Å². The number of fused-ring (bicyclic) bond motifs is 5. The zero-order valence-corrected chi connectivity index (χ0v) is 22.9. The molecule has 4 fully saturated rings. The molecule has 4 rings (SSSR count). The van der Waals surface area contributed by atoms with E-state index in [1.165, 1.54) is 0 Å². The molecule has 4 aliphatic carbocycles. The van der Waals surface area contributed by atoms with Crippen molar-refractivity contribution < 1.29 is 37.6 Å². The first kappa shape index (κ1) is 28.7. The Morgan fingerprint density at radius 3 is 2.39 bits per heavy atom. The van der Waals surface area contributed by atoms with Crippen LogP contribution < -0.4 is 0 Å². The minimum Gasteiger partial charge on any atom is -0.396 e. The van der Waals surface area contributed by atoms with E-state index in [0.717, 1.165) is 57.8 Å². The molecule has 36 heavy (non-hydrogen) atoms. The maximum absolute atomic E-state index is 11.7. The van der Waals surface area contributed by atoms with Crippen molar-refractivity contribution in [3.63, 3.8) is 0 Å². The van der Waals surface area contributed by atoms with Crippen LogP contribution in [0.5, 0.6) is 0 Å². The average Bonchev–Trinajstić information content (AvgIpc) is 3.16. The van der Waals surface area contributed by atoms with E-state index in [2.05, 4.69) is 25.0 Å². The van der Waals surface area contributed by atoms with E-state index in [-0.39, 0.29) is 59.9 Å². The summed E-state index contributed by atoms with van der Waals surface area (Å²) in [5.41, 5.74) is -0.179. The molecule has 0 radical (unpaired) electrons. The fourth-order valence-corrected chi connectivity index (χ4v) is 9.84. The summed E-state index contributed by atoms with van der Waals surface area (Å²) in [7, 11) is -4.51. The van der Waals surface area contributed by atoms with Crippen molar-refractivity contribution in [2.45, 2.75) is 103 Å². The average molecular weight is 533 g/mol. The minimum atomic E-state index is -4.51. The van der Waals surface area contributed by atoms with Crippen LogP contribution in [-0.4, -0.2) is 64.9 Å². The Hall–Kier alpha value is -0.290. The number of hydrogen-bond donors (Lipinski definition) is 5. The van der Waals surface area contributed by atoms with Gasteiger partial charge in [-0.15, -0.1) is 0 Å². The van der Waals surface area contributed by atoms with E-state index in [0.29, 0.717) is 24.2 Å². The van der Waals surface area contributed by atoms with E-state index < -0.39 is 16.5 Å². The fourth-order valence-electron chi connectivity index (χ4n) is 9.47. The molecule has 0 bridgehead atoms. The Labute approximate surface area is 216 Å². The van der Waals surface area contributed by atoms with Crippen LogP contribution in [0.25, 0.3) is 0 Å². The zero-order chi connectivity index (χ0) is 26.5. The lowest BCUT2D eigenvalue weighted by Crippen LogP contribution is -2.62. The van der Waals surface area contributed by atoms with Crippen molar-refractivity contribution >= 4 is 10.4 Å². The highest BCUT2D eigenvalue weighted by atomic mass is 32.3. The summed E-state index contributed by atoms with van der Waals surface area (Å²) in [6.45, 7) is 6.39. The molecule has 12 atom stereocenters. The normalized spacial score (nSPS) is 46.4. The Bertz CT molecular complexity index is 866. The molecule has 0 heterocycles. The van der Waals surface area contributed by atoms with Gasteiger partial charge in [-0.3, -0.25) is 4.55 Å². The first-order valence-corrected chi connectivity index (χ1v) is 15.4. The zero-order valence-electron chi connectivity index (χ0n) is 22.1. The predicted octanol–water partition coefficient (Wildman–Crippen LogP) is 3.18. The van der Waals surface area contributed by atoms with Gasteiger partial charge < -0.3 is 20.4 Å². The predicted molar refractivity (Wildman–Crippen MR) is 135 cm³/mol. The second kappa shape index (κ2) is 10.7. The molecule has 0 aromatic carbocycles. The van der Waals surface area contributed by atoms with Gasteiger partial charge in [0.25, 0.3) is 0 Å². The lowest BCUT2D eigenvalue weighted by Gasteiger charge is -2.63. The first-order valence-electron chi connectivity index (χ1n) is 14.1. The molecule has 4 saturated carbocycles. The van der Waals surface area contributed by atoms with Gasteiger partial charge in [0.05, 0.1) is 24.9 Å². The van der Waals surface area contributed by atoms with Crippen LogP contribution in [0.1, 0.15) is 85.0 Å². The van der Waals surface area contributed by atoms with Crippen LogP contribution in [0.4, 0.5) is 0 Å². The van der Waals surface area contributed by atoms with Crippen molar-refractivity contribution in [2.24, 2.45) is 52.3 Å². The van der Waals surface area contributed by atoms with Crippen molar-refractivity contribution in [3.05, 3.63) is 0 Å². The third-order valence-corrected chi connectivity index (χ3v) is 11.9. The number of hydrogen-bond acceptors (Lipinski definition) is 7. The van der Waals surface area contributed by atoms with Crippen LogP contribution in [-0.2, 0) is 14.6 Å². The van der Waals surface area contributed by atoms with Crippen molar-refractivity contribution in [1.82, 2.24) is 0 Å². The summed E-state index contributed by atoms with van der Waals surface area (Å²) in [6, 6.07) is 0. The second-order valence-corrected chi connectivity index (χ2v) is 14.3. The third-order valence-electron chi connectivity index (χ3n) is 11.5. The molecule has 0 aliphatic heterocycles. The monoisotopic (exact) mass is 532 g/mol. The highest BCUT2D eigenvalue weighted by Crippen LogP contribution is 2.68. The molecule has 8 nitrogen and oxygen atoms in total. The topological polar surface area (TPSA) is 145 Å². The molecule has 5 N–H and O–H groups in total. The fraction of sp³-hybridized carbons (Fsp3) is 1.00. The van der Waals surface area contributed by atoms with Gasteiger partial charge in [0.2, 0.25) is 0 Å². The van der Waals surface area contributed by atoms with E-state index in [4.69, 9.17) is 4.55 Å². The summed E-state index contributed by atoms with van der Waals surface area (Å²) in [5, 5.41) is 42.9. The standard InChI is InChI=1S/C27H48O8S/c1-16(5-4-6-17(14-28)15-35-36(32,33)34)20-7-8-21-25-22(13-24(31)27(20,21)3)26(2)10-9-19(29)11-18(26)12-23(25)30/h16-25,28-31H,4-15H2,1-3H3,(H,32,33,34). The highest BCUT2D eigenvalue weighted by Gasteiger charge is 2.65. The quantitative estimate of drug-likeness (QED) is 0.285. The van der Waals surface area contributed by atoms with Crippen LogP contribution in [0.2, 0.25) is 0 Å². The lowest BCUT2D eigenvalue weighted by atomic mass is 9.43. The molecule has 0 amide bonds. The van der Waals surface area contributed by atoms with Crippen molar-refractivity contribution in [3.8, 4) is 0 Å². The number of aliphatic hydroxyl groups is 4. The van der Waals surface area contributed by atoms with Gasteiger partial charge in [0.1, 0.15) is 0 Å². The van der Waals surface area contributed by atoms with E-state index in [1.807, 2.05) is 0 Å². The molecular weight excluding hydrogens is 484 g/mol. The van der Waals surface area contributed by atoms with Gasteiger partial charge in [0, 0.05) is 12.5 Å². The Kier molecular flexibility index (Phi) is 8.53. The maximum Gasteiger partial charge on any atom is 0.397 e. The molecule has 0 saturated heterocycles. The SMILES string of the molecule is CC(CCCC(CO)COS(=O)(=O)O)C1CCC2C3C(O)CC4CC(O)CCC4(C)C3CC(O)C12C. The van der Waals surface area contributed by atoms with Gasteiger partial charge in [-0.1, -0.05) is 33.6 Å². The Morgan fingerprint density at radius 1 is 1.00 bits per heavy atom. The van der Waals surface area contributed by atoms with E-state index in [9.17, 15) is 28.8 Å². The van der Waals surface area contributed by atoms with E-state index in [1.54, 1.807) is 0 Å². The second-order valence-electron chi connectivity index (χ2n) is 13.2. The van der Waals surface area contributed by atoms with Crippen LogP contribution in [0.15, 0.2) is 0 Å². The van der Waals surface area contributed by atoms with Gasteiger partial charge >= 0.3 is 10.4 Å². The summed E-state index contributed by atoms with van der Waals surface area (Å²) in [6.07, 6.45) is 7.30.